The summed E-state index contributed by atoms with van der Waals surface area (Å²) in [7, 11) is 0. The lowest BCUT2D eigenvalue weighted by atomic mass is 10.1. The molecule has 3 rings (SSSR count). The molecule has 0 radical (unpaired) electrons. The monoisotopic (exact) mass is 370 g/mol. The van der Waals surface area contributed by atoms with Crippen molar-refractivity contribution in [2.45, 2.75) is 32.2 Å². The fraction of sp³-hybridized carbons (Fsp3) is 0.562. The molecule has 0 saturated carbocycles. The molecule has 0 aliphatic carbocycles. The number of fused-ring (bicyclic) bond motifs is 1. The standard InChI is InChI=1S/C16H20ClFN4O3/c1-8(2)12-11(18)13-10(14(23)22-16(17)21-13)15(20-12)25-7-9-3-5-24-6-4-19-9/h8-9,19H,3-7H2,1-2H3,(H,21,22,23). The van der Waals surface area contributed by atoms with Crippen LogP contribution in [0.4, 0.5) is 4.39 Å². The van der Waals surface area contributed by atoms with Crippen molar-refractivity contribution >= 4 is 22.5 Å². The Hall–Kier alpha value is -1.77. The van der Waals surface area contributed by atoms with Crippen LogP contribution in [0.2, 0.25) is 5.28 Å². The van der Waals surface area contributed by atoms with Gasteiger partial charge in [0.25, 0.3) is 5.56 Å². The van der Waals surface area contributed by atoms with E-state index in [9.17, 15) is 9.18 Å². The second-order valence-electron chi connectivity index (χ2n) is 6.21. The molecule has 2 N–H and O–H groups in total. The fourth-order valence-corrected chi connectivity index (χ4v) is 2.88. The van der Waals surface area contributed by atoms with Crippen LogP contribution >= 0.6 is 11.6 Å². The molecule has 1 unspecified atom stereocenters. The van der Waals surface area contributed by atoms with E-state index >= 15 is 0 Å². The molecule has 3 heterocycles. The van der Waals surface area contributed by atoms with E-state index in [0.29, 0.717) is 13.2 Å². The number of halogens is 2. The van der Waals surface area contributed by atoms with Crippen LogP contribution in [0.1, 0.15) is 31.9 Å². The van der Waals surface area contributed by atoms with Crippen molar-refractivity contribution < 1.29 is 13.9 Å². The van der Waals surface area contributed by atoms with Gasteiger partial charge in [0.05, 0.1) is 12.3 Å². The molecule has 1 aliphatic heterocycles. The minimum absolute atomic E-state index is 0.0313. The van der Waals surface area contributed by atoms with Gasteiger partial charge in [-0.25, -0.2) is 14.4 Å². The van der Waals surface area contributed by atoms with Crippen LogP contribution in [-0.4, -0.2) is 47.4 Å². The van der Waals surface area contributed by atoms with Gasteiger partial charge in [0.2, 0.25) is 11.2 Å². The number of nitrogens with one attached hydrogen (secondary N) is 2. The van der Waals surface area contributed by atoms with E-state index in [1.807, 2.05) is 0 Å². The summed E-state index contributed by atoms with van der Waals surface area (Å²) in [5.74, 6) is -0.778. The Bertz CT molecular complexity index is 819. The average molecular weight is 371 g/mol. The van der Waals surface area contributed by atoms with Crippen LogP contribution in [0.3, 0.4) is 0 Å². The summed E-state index contributed by atoms with van der Waals surface area (Å²) >= 11 is 5.78. The number of nitrogens with zero attached hydrogens (tertiary/aromatic N) is 2. The van der Waals surface area contributed by atoms with Gasteiger partial charge in [-0.1, -0.05) is 13.8 Å². The number of aromatic amines is 1. The smallest absolute Gasteiger partial charge is 0.265 e. The molecule has 7 nitrogen and oxygen atoms in total. The van der Waals surface area contributed by atoms with Gasteiger partial charge in [-0.15, -0.1) is 0 Å². The SMILES string of the molecule is CC(C)c1nc(OCC2CCOCCN2)c2c(=O)[nH]c(Cl)nc2c1F. The Morgan fingerprint density at radius 2 is 2.20 bits per heavy atom. The number of aromatic nitrogens is 3. The maximum Gasteiger partial charge on any atom is 0.265 e. The highest BCUT2D eigenvalue weighted by atomic mass is 35.5. The van der Waals surface area contributed by atoms with Crippen LogP contribution in [0, 0.1) is 5.82 Å². The van der Waals surface area contributed by atoms with E-state index in [-0.39, 0.29) is 46.3 Å². The Kier molecular flexibility index (Phi) is 5.51. The first-order chi connectivity index (χ1) is 12.0. The summed E-state index contributed by atoms with van der Waals surface area (Å²) in [6, 6.07) is 0.0613. The maximum atomic E-state index is 14.7. The van der Waals surface area contributed by atoms with Crippen molar-refractivity contribution in [1.29, 1.82) is 0 Å². The van der Waals surface area contributed by atoms with Gasteiger partial charge in [-0.05, 0) is 23.9 Å². The summed E-state index contributed by atoms with van der Waals surface area (Å²) in [4.78, 5) is 22.8. The van der Waals surface area contributed by atoms with Gasteiger partial charge in [0, 0.05) is 19.2 Å². The molecular weight excluding hydrogens is 351 g/mol. The zero-order chi connectivity index (χ0) is 18.0. The van der Waals surface area contributed by atoms with Crippen LogP contribution in [0.5, 0.6) is 5.88 Å². The van der Waals surface area contributed by atoms with E-state index in [4.69, 9.17) is 21.1 Å². The zero-order valence-corrected chi connectivity index (χ0v) is 14.8. The topological polar surface area (TPSA) is 89.1 Å². The molecule has 0 aromatic carbocycles. The molecule has 2 aromatic rings. The van der Waals surface area contributed by atoms with Gasteiger partial charge in [-0.3, -0.25) is 9.78 Å². The summed E-state index contributed by atoms with van der Waals surface area (Å²) in [5.41, 5.74) is -0.516. The van der Waals surface area contributed by atoms with Crippen molar-refractivity contribution in [1.82, 2.24) is 20.3 Å². The predicted molar refractivity (Wildman–Crippen MR) is 91.9 cm³/mol. The molecule has 1 fully saturated rings. The third-order valence-electron chi connectivity index (χ3n) is 4.02. The van der Waals surface area contributed by atoms with Crippen molar-refractivity contribution in [2.24, 2.45) is 0 Å². The van der Waals surface area contributed by atoms with E-state index in [1.165, 1.54) is 0 Å². The summed E-state index contributed by atoms with van der Waals surface area (Å²) in [6.45, 7) is 5.90. The van der Waals surface area contributed by atoms with E-state index in [1.54, 1.807) is 13.8 Å². The summed E-state index contributed by atoms with van der Waals surface area (Å²) < 4.78 is 25.9. The number of ether oxygens (including phenoxy) is 2. The van der Waals surface area contributed by atoms with Crippen LogP contribution < -0.4 is 15.6 Å². The highest BCUT2D eigenvalue weighted by Crippen LogP contribution is 2.28. The molecule has 0 amide bonds. The second kappa shape index (κ2) is 7.63. The third-order valence-corrected chi connectivity index (χ3v) is 4.20. The number of hydrogen-bond donors (Lipinski definition) is 2. The number of hydrogen-bond acceptors (Lipinski definition) is 6. The van der Waals surface area contributed by atoms with Gasteiger partial charge in [-0.2, -0.15) is 0 Å². The largest absolute Gasteiger partial charge is 0.475 e. The molecule has 25 heavy (non-hydrogen) atoms. The molecule has 2 aromatic heterocycles. The normalized spacial score (nSPS) is 18.5. The number of rotatable bonds is 4. The van der Waals surface area contributed by atoms with Gasteiger partial charge in [0.1, 0.15) is 17.5 Å². The Labute approximate surface area is 148 Å². The molecule has 9 heteroatoms. The van der Waals surface area contributed by atoms with Crippen LogP contribution in [0.15, 0.2) is 4.79 Å². The predicted octanol–water partition coefficient (Wildman–Crippen LogP) is 1.99. The molecule has 1 saturated heterocycles. The lowest BCUT2D eigenvalue weighted by Gasteiger charge is -2.17. The van der Waals surface area contributed by atoms with Crippen molar-refractivity contribution in [3.8, 4) is 5.88 Å². The minimum Gasteiger partial charge on any atom is -0.475 e. The van der Waals surface area contributed by atoms with Crippen LogP contribution in [0.25, 0.3) is 10.9 Å². The average Bonchev–Trinajstić information content (AvgIpc) is 2.82. The minimum atomic E-state index is -0.647. The van der Waals surface area contributed by atoms with E-state index < -0.39 is 11.4 Å². The molecular formula is C16H20ClFN4O3. The van der Waals surface area contributed by atoms with Crippen molar-refractivity contribution in [2.75, 3.05) is 26.4 Å². The first-order valence-corrected chi connectivity index (χ1v) is 8.58. The number of H-pyrrole nitrogens is 1. The second-order valence-corrected chi connectivity index (χ2v) is 6.57. The highest BCUT2D eigenvalue weighted by Gasteiger charge is 2.22. The van der Waals surface area contributed by atoms with Crippen molar-refractivity contribution in [3.05, 3.63) is 27.1 Å². The van der Waals surface area contributed by atoms with Gasteiger partial charge < -0.3 is 14.8 Å². The molecule has 1 aliphatic rings. The highest BCUT2D eigenvalue weighted by molar-refractivity contribution is 6.28. The van der Waals surface area contributed by atoms with E-state index in [0.717, 1.165) is 13.0 Å². The van der Waals surface area contributed by atoms with E-state index in [2.05, 4.69) is 20.3 Å². The first kappa shape index (κ1) is 18.0. The summed E-state index contributed by atoms with van der Waals surface area (Å²) in [6.07, 6.45) is 0.774. The lowest BCUT2D eigenvalue weighted by molar-refractivity contribution is 0.147. The van der Waals surface area contributed by atoms with Crippen LogP contribution in [-0.2, 0) is 4.74 Å². The van der Waals surface area contributed by atoms with Gasteiger partial charge >= 0.3 is 0 Å². The lowest BCUT2D eigenvalue weighted by Crippen LogP contribution is -2.35. The Morgan fingerprint density at radius 3 is 2.96 bits per heavy atom. The maximum absolute atomic E-state index is 14.7. The zero-order valence-electron chi connectivity index (χ0n) is 14.1. The molecule has 136 valence electrons. The molecule has 0 bridgehead atoms. The Balaban J connectivity index is 2.00. The molecule has 1 atom stereocenters. The molecule has 0 spiro atoms. The third kappa shape index (κ3) is 3.91. The van der Waals surface area contributed by atoms with Gasteiger partial charge in [0.15, 0.2) is 5.82 Å². The quantitative estimate of drug-likeness (QED) is 0.800. The van der Waals surface area contributed by atoms with Crippen molar-refractivity contribution in [3.63, 3.8) is 0 Å². The summed E-state index contributed by atoms with van der Waals surface area (Å²) in [5, 5.41) is 3.09. The Morgan fingerprint density at radius 1 is 1.40 bits per heavy atom. The first-order valence-electron chi connectivity index (χ1n) is 8.20. The fourth-order valence-electron chi connectivity index (χ4n) is 2.71. The number of pyridine rings is 1.